The predicted molar refractivity (Wildman–Crippen MR) is 94.1 cm³/mol. The molecule has 7 nitrogen and oxygen atoms in total. The molecule has 134 valence electrons. The van der Waals surface area contributed by atoms with Gasteiger partial charge in [0.25, 0.3) is 5.69 Å². The zero-order valence-electron chi connectivity index (χ0n) is 14.4. The molecule has 1 aliphatic rings. The second-order valence-corrected chi connectivity index (χ2v) is 8.70. The molecule has 1 aromatic carbocycles. The molecule has 0 spiro atoms. The Morgan fingerprint density at radius 1 is 1.46 bits per heavy atom. The summed E-state index contributed by atoms with van der Waals surface area (Å²) in [5, 5.41) is 14.4. The number of rotatable bonds is 6. The van der Waals surface area contributed by atoms with Crippen LogP contribution in [-0.2, 0) is 9.84 Å². The maximum absolute atomic E-state index is 11.6. The van der Waals surface area contributed by atoms with E-state index < -0.39 is 14.8 Å². The van der Waals surface area contributed by atoms with E-state index in [-0.39, 0.29) is 16.6 Å². The van der Waals surface area contributed by atoms with Crippen molar-refractivity contribution >= 4 is 21.2 Å². The lowest BCUT2D eigenvalue weighted by molar-refractivity contribution is -0.384. The van der Waals surface area contributed by atoms with E-state index in [1.807, 2.05) is 0 Å². The third kappa shape index (κ3) is 4.67. The number of anilines is 1. The van der Waals surface area contributed by atoms with Gasteiger partial charge in [0.1, 0.15) is 5.69 Å². The Morgan fingerprint density at radius 2 is 2.17 bits per heavy atom. The van der Waals surface area contributed by atoms with Gasteiger partial charge >= 0.3 is 0 Å². The highest BCUT2D eigenvalue weighted by atomic mass is 32.2. The fraction of sp³-hybridized carbons (Fsp3) is 0.625. The monoisotopic (exact) mass is 355 g/mol. The topological polar surface area (TPSA) is 92.6 Å². The van der Waals surface area contributed by atoms with Gasteiger partial charge in [-0.3, -0.25) is 15.0 Å². The summed E-state index contributed by atoms with van der Waals surface area (Å²) in [4.78, 5) is 13.0. The third-order valence-electron chi connectivity index (χ3n) is 4.49. The van der Waals surface area contributed by atoms with Crippen LogP contribution in [0.5, 0.6) is 0 Å². The Morgan fingerprint density at radius 3 is 2.75 bits per heavy atom. The molecule has 2 unspecified atom stereocenters. The van der Waals surface area contributed by atoms with Crippen molar-refractivity contribution in [2.75, 3.05) is 31.2 Å². The first-order chi connectivity index (χ1) is 11.2. The molecule has 8 heteroatoms. The molecule has 0 bridgehead atoms. The van der Waals surface area contributed by atoms with Gasteiger partial charge in [0.05, 0.1) is 9.82 Å². The van der Waals surface area contributed by atoms with Crippen LogP contribution in [0, 0.1) is 16.0 Å². The van der Waals surface area contributed by atoms with Crippen LogP contribution >= 0.6 is 0 Å². The molecule has 1 heterocycles. The number of nitrogens with one attached hydrogen (secondary N) is 1. The van der Waals surface area contributed by atoms with Gasteiger partial charge < -0.3 is 5.32 Å². The lowest BCUT2D eigenvalue weighted by Crippen LogP contribution is -2.43. The van der Waals surface area contributed by atoms with Crippen LogP contribution in [-0.4, -0.2) is 50.2 Å². The molecule has 2 rings (SSSR count). The second-order valence-electron chi connectivity index (χ2n) is 6.68. The van der Waals surface area contributed by atoms with Crippen molar-refractivity contribution in [3.05, 3.63) is 28.3 Å². The number of likely N-dealkylation sites (tertiary alicyclic amines) is 1. The maximum Gasteiger partial charge on any atom is 0.293 e. The molecule has 1 saturated heterocycles. The highest BCUT2D eigenvalue weighted by Crippen LogP contribution is 2.28. The molecule has 1 aromatic rings. The summed E-state index contributed by atoms with van der Waals surface area (Å²) < 4.78 is 23.1. The zero-order chi connectivity index (χ0) is 17.9. The van der Waals surface area contributed by atoms with Crippen LogP contribution in [0.4, 0.5) is 11.4 Å². The number of hydrogen-bond acceptors (Lipinski definition) is 6. The molecular formula is C16H25N3O4S. The van der Waals surface area contributed by atoms with E-state index in [1.165, 1.54) is 25.0 Å². The third-order valence-corrected chi connectivity index (χ3v) is 5.60. The first-order valence-corrected chi connectivity index (χ1v) is 10.0. The van der Waals surface area contributed by atoms with Crippen molar-refractivity contribution < 1.29 is 13.3 Å². The minimum absolute atomic E-state index is 0.0438. The van der Waals surface area contributed by atoms with E-state index in [9.17, 15) is 18.5 Å². The maximum atomic E-state index is 11.6. The summed E-state index contributed by atoms with van der Waals surface area (Å²) in [5.74, 6) is 0.671. The Labute approximate surface area is 143 Å². The Bertz CT molecular complexity index is 705. The van der Waals surface area contributed by atoms with Crippen molar-refractivity contribution in [3.8, 4) is 0 Å². The van der Waals surface area contributed by atoms with E-state index in [1.54, 1.807) is 0 Å². The number of hydrogen-bond donors (Lipinski definition) is 1. The molecule has 1 N–H and O–H groups in total. The molecular weight excluding hydrogens is 330 g/mol. The summed E-state index contributed by atoms with van der Waals surface area (Å²) in [7, 11) is -3.47. The molecule has 1 fully saturated rings. The minimum Gasteiger partial charge on any atom is -0.378 e. The van der Waals surface area contributed by atoms with Crippen LogP contribution in [0.1, 0.15) is 26.7 Å². The fourth-order valence-corrected chi connectivity index (χ4v) is 3.70. The zero-order valence-corrected chi connectivity index (χ0v) is 15.2. The summed E-state index contributed by atoms with van der Waals surface area (Å²) in [6, 6.07) is 4.24. The Balaban J connectivity index is 2.10. The van der Waals surface area contributed by atoms with Crippen molar-refractivity contribution in [2.45, 2.75) is 37.6 Å². The second kappa shape index (κ2) is 7.48. The fourth-order valence-electron chi connectivity index (χ4n) is 3.06. The highest BCUT2D eigenvalue weighted by molar-refractivity contribution is 7.90. The average Bonchev–Trinajstić information content (AvgIpc) is 2.51. The summed E-state index contributed by atoms with van der Waals surface area (Å²) in [6.07, 6.45) is 3.46. The molecule has 0 saturated carbocycles. The van der Waals surface area contributed by atoms with E-state index in [2.05, 4.69) is 24.1 Å². The van der Waals surface area contributed by atoms with Gasteiger partial charge in [-0.2, -0.15) is 0 Å². The van der Waals surface area contributed by atoms with E-state index in [4.69, 9.17) is 0 Å². The lowest BCUT2D eigenvalue weighted by atomic mass is 9.99. The average molecular weight is 355 g/mol. The smallest absolute Gasteiger partial charge is 0.293 e. The van der Waals surface area contributed by atoms with Gasteiger partial charge in [0, 0.05) is 31.5 Å². The molecule has 1 aliphatic heterocycles. The number of sulfone groups is 1. The van der Waals surface area contributed by atoms with Crippen LogP contribution in [0.15, 0.2) is 23.1 Å². The van der Waals surface area contributed by atoms with Crippen molar-refractivity contribution in [1.29, 1.82) is 0 Å². The summed E-state index contributed by atoms with van der Waals surface area (Å²) in [6.45, 7) is 6.99. The number of benzene rings is 1. The van der Waals surface area contributed by atoms with E-state index >= 15 is 0 Å². The molecule has 0 aliphatic carbocycles. The Hall–Kier alpha value is -1.67. The first-order valence-electron chi connectivity index (χ1n) is 8.15. The summed E-state index contributed by atoms with van der Waals surface area (Å²) in [5.41, 5.74) is 0.140. The van der Waals surface area contributed by atoms with Crippen LogP contribution in [0.2, 0.25) is 0 Å². The number of nitro groups is 1. The van der Waals surface area contributed by atoms with E-state index in [0.29, 0.717) is 18.2 Å². The normalized spacial score (nSPS) is 20.5. The van der Waals surface area contributed by atoms with Crippen molar-refractivity contribution in [2.24, 2.45) is 5.92 Å². The van der Waals surface area contributed by atoms with Crippen LogP contribution in [0.3, 0.4) is 0 Å². The van der Waals surface area contributed by atoms with Gasteiger partial charge in [-0.15, -0.1) is 0 Å². The van der Waals surface area contributed by atoms with Gasteiger partial charge in [-0.05, 0) is 44.4 Å². The largest absolute Gasteiger partial charge is 0.378 e. The molecule has 0 radical (unpaired) electrons. The first kappa shape index (κ1) is 18.7. The van der Waals surface area contributed by atoms with Gasteiger partial charge in [-0.1, -0.05) is 6.92 Å². The van der Waals surface area contributed by atoms with Gasteiger partial charge in [-0.25, -0.2) is 8.42 Å². The predicted octanol–water partition coefficient (Wildman–Crippen LogP) is 2.53. The van der Waals surface area contributed by atoms with Crippen molar-refractivity contribution in [3.63, 3.8) is 0 Å². The SMILES string of the molecule is CC1CCCN(C(C)CNc2ccc(S(C)(=O)=O)cc2[N+](=O)[O-])C1. The highest BCUT2D eigenvalue weighted by Gasteiger charge is 2.22. The lowest BCUT2D eigenvalue weighted by Gasteiger charge is -2.35. The number of piperidine rings is 1. The minimum atomic E-state index is -3.47. The van der Waals surface area contributed by atoms with Crippen LogP contribution < -0.4 is 5.32 Å². The van der Waals surface area contributed by atoms with Gasteiger partial charge in [0.15, 0.2) is 9.84 Å². The van der Waals surface area contributed by atoms with E-state index in [0.717, 1.165) is 25.4 Å². The Kier molecular flexibility index (Phi) is 5.82. The molecule has 24 heavy (non-hydrogen) atoms. The molecule has 0 amide bonds. The van der Waals surface area contributed by atoms with Gasteiger partial charge in [0.2, 0.25) is 0 Å². The molecule has 0 aromatic heterocycles. The summed E-state index contributed by atoms with van der Waals surface area (Å²) >= 11 is 0. The molecule has 2 atom stereocenters. The van der Waals surface area contributed by atoms with Crippen LogP contribution in [0.25, 0.3) is 0 Å². The standard InChI is InChI=1S/C16H25N3O4S/c1-12-5-4-8-18(11-12)13(2)10-17-15-7-6-14(24(3,22)23)9-16(15)19(20)21/h6-7,9,12-13,17H,4-5,8,10-11H2,1-3H3. The van der Waals surface area contributed by atoms with Crippen molar-refractivity contribution in [1.82, 2.24) is 4.90 Å². The number of nitrogens with zero attached hydrogens (tertiary/aromatic N) is 2. The number of nitro benzene ring substituents is 1. The quantitative estimate of drug-likeness (QED) is 0.623.